The monoisotopic (exact) mass is 303 g/mol. The van der Waals surface area contributed by atoms with E-state index in [-0.39, 0.29) is 11.2 Å². The molecule has 2 rings (SSSR count). The Morgan fingerprint density at radius 1 is 1.38 bits per heavy atom. The highest BCUT2D eigenvalue weighted by atomic mass is 32.2. The number of rotatable bonds is 5. The van der Waals surface area contributed by atoms with Crippen LogP contribution in [0.4, 0.5) is 5.69 Å². The molecular weight excluding hydrogens is 282 g/mol. The molecule has 0 fully saturated rings. The highest BCUT2D eigenvalue weighted by molar-refractivity contribution is 8.00. The Balaban J connectivity index is 2.06. The van der Waals surface area contributed by atoms with E-state index < -0.39 is 0 Å². The second-order valence-electron chi connectivity index (χ2n) is 5.12. The van der Waals surface area contributed by atoms with Crippen LogP contribution in [0.15, 0.2) is 35.7 Å². The maximum Gasteiger partial charge on any atom is 0.237 e. The van der Waals surface area contributed by atoms with E-state index in [1.165, 1.54) is 22.9 Å². The van der Waals surface area contributed by atoms with Crippen molar-refractivity contribution in [3.63, 3.8) is 0 Å². The van der Waals surface area contributed by atoms with Crippen LogP contribution in [0.1, 0.15) is 24.5 Å². The second kappa shape index (κ2) is 6.80. The normalized spacial score (nSPS) is 12.2. The first-order valence-electron chi connectivity index (χ1n) is 7.03. The predicted octanol–water partition coefficient (Wildman–Crippen LogP) is 3.55. The topological polar surface area (TPSA) is 46.9 Å². The number of nitrogens with one attached hydrogen (secondary N) is 1. The third-order valence-electron chi connectivity index (χ3n) is 3.46. The average molecular weight is 303 g/mol. The summed E-state index contributed by atoms with van der Waals surface area (Å²) >= 11 is 1.50. The minimum absolute atomic E-state index is 0.0220. The van der Waals surface area contributed by atoms with Crippen molar-refractivity contribution in [3.05, 3.63) is 41.7 Å². The van der Waals surface area contributed by atoms with Gasteiger partial charge in [0, 0.05) is 25.1 Å². The summed E-state index contributed by atoms with van der Waals surface area (Å²) in [4.78, 5) is 16.7. The highest BCUT2D eigenvalue weighted by Gasteiger charge is 2.20. The van der Waals surface area contributed by atoms with Crippen molar-refractivity contribution in [2.24, 2.45) is 7.05 Å². The Labute approximate surface area is 130 Å². The number of aryl methyl sites for hydroxylation is 3. The second-order valence-corrected chi connectivity index (χ2v) is 6.29. The first kappa shape index (κ1) is 15.6. The van der Waals surface area contributed by atoms with Gasteiger partial charge < -0.3 is 9.88 Å². The zero-order valence-corrected chi connectivity index (χ0v) is 13.7. The van der Waals surface area contributed by atoms with Gasteiger partial charge in [-0.2, -0.15) is 0 Å². The fourth-order valence-corrected chi connectivity index (χ4v) is 2.89. The number of thioether (sulfide) groups is 1. The minimum atomic E-state index is -0.146. The molecule has 1 heterocycles. The molecule has 2 aromatic rings. The molecule has 1 atom stereocenters. The van der Waals surface area contributed by atoms with Crippen molar-refractivity contribution in [2.45, 2.75) is 37.6 Å². The number of anilines is 1. The molecule has 1 unspecified atom stereocenters. The predicted molar refractivity (Wildman–Crippen MR) is 87.7 cm³/mol. The van der Waals surface area contributed by atoms with Crippen molar-refractivity contribution in [3.8, 4) is 0 Å². The van der Waals surface area contributed by atoms with Gasteiger partial charge in [0.2, 0.25) is 5.91 Å². The number of aromatic nitrogens is 2. The fourth-order valence-electron chi connectivity index (χ4n) is 1.96. The lowest BCUT2D eigenvalue weighted by Crippen LogP contribution is -2.25. The number of benzene rings is 1. The van der Waals surface area contributed by atoms with Crippen molar-refractivity contribution < 1.29 is 4.79 Å². The molecule has 0 radical (unpaired) electrons. The Bertz CT molecular complexity index is 636. The summed E-state index contributed by atoms with van der Waals surface area (Å²) in [5, 5.41) is 3.71. The van der Waals surface area contributed by atoms with Gasteiger partial charge in [-0.15, -0.1) is 0 Å². The van der Waals surface area contributed by atoms with Gasteiger partial charge in [-0.25, -0.2) is 4.98 Å². The Hall–Kier alpha value is -1.75. The van der Waals surface area contributed by atoms with Gasteiger partial charge in [-0.3, -0.25) is 4.79 Å². The third-order valence-corrected chi connectivity index (χ3v) is 4.90. The van der Waals surface area contributed by atoms with Gasteiger partial charge in [0.25, 0.3) is 0 Å². The van der Waals surface area contributed by atoms with E-state index in [0.29, 0.717) is 0 Å². The van der Waals surface area contributed by atoms with Crippen molar-refractivity contribution >= 4 is 23.4 Å². The molecule has 4 nitrogen and oxygen atoms in total. The van der Waals surface area contributed by atoms with Crippen LogP contribution in [0, 0.1) is 13.8 Å². The average Bonchev–Trinajstić information content (AvgIpc) is 2.85. The summed E-state index contributed by atoms with van der Waals surface area (Å²) in [5.41, 5.74) is 3.25. The molecule has 112 valence electrons. The number of imidazole rings is 1. The Morgan fingerprint density at radius 3 is 2.71 bits per heavy atom. The van der Waals surface area contributed by atoms with Gasteiger partial charge in [0.05, 0.1) is 5.25 Å². The smallest absolute Gasteiger partial charge is 0.237 e. The minimum Gasteiger partial charge on any atom is -0.329 e. The van der Waals surface area contributed by atoms with Crippen molar-refractivity contribution in [1.82, 2.24) is 9.55 Å². The number of hydrogen-bond donors (Lipinski definition) is 1. The standard InChI is InChI=1S/C16H21N3OS/c1-5-14(21-16-17-8-9-19(16)4)15(20)18-13-7-6-11(2)12(3)10-13/h6-10,14H,5H2,1-4H3,(H,18,20). The molecular formula is C16H21N3OS. The van der Waals surface area contributed by atoms with E-state index in [1.54, 1.807) is 6.20 Å². The van der Waals surface area contributed by atoms with Gasteiger partial charge in [-0.05, 0) is 43.5 Å². The van der Waals surface area contributed by atoms with Gasteiger partial charge in [0.15, 0.2) is 5.16 Å². The number of nitrogens with zero attached hydrogens (tertiary/aromatic N) is 2. The number of carbonyl (C=O) groups is 1. The summed E-state index contributed by atoms with van der Waals surface area (Å²) in [5.74, 6) is 0.0220. The van der Waals surface area contributed by atoms with E-state index in [4.69, 9.17) is 0 Å². The van der Waals surface area contributed by atoms with Crippen molar-refractivity contribution in [1.29, 1.82) is 0 Å². The molecule has 0 aliphatic rings. The summed E-state index contributed by atoms with van der Waals surface area (Å²) < 4.78 is 1.93. The van der Waals surface area contributed by atoms with Crippen LogP contribution >= 0.6 is 11.8 Å². The Morgan fingerprint density at radius 2 is 2.14 bits per heavy atom. The molecule has 0 bridgehead atoms. The number of carbonyl (C=O) groups excluding carboxylic acids is 1. The molecule has 1 N–H and O–H groups in total. The van der Waals surface area contributed by atoms with Gasteiger partial charge in [0.1, 0.15) is 0 Å². The molecule has 0 aliphatic heterocycles. The first-order valence-corrected chi connectivity index (χ1v) is 7.91. The SMILES string of the molecule is CCC(Sc1nccn1C)C(=O)Nc1ccc(C)c(C)c1. The summed E-state index contributed by atoms with van der Waals surface area (Å²) in [6.07, 6.45) is 4.39. The fraction of sp³-hybridized carbons (Fsp3) is 0.375. The maximum atomic E-state index is 12.4. The van der Waals surface area contributed by atoms with Crippen molar-refractivity contribution in [2.75, 3.05) is 5.32 Å². The maximum absolute atomic E-state index is 12.4. The lowest BCUT2D eigenvalue weighted by atomic mass is 10.1. The quantitative estimate of drug-likeness (QED) is 0.859. The summed E-state index contributed by atoms with van der Waals surface area (Å²) in [6, 6.07) is 5.97. The molecule has 0 saturated carbocycles. The summed E-state index contributed by atoms with van der Waals surface area (Å²) in [6.45, 7) is 6.12. The van der Waals surface area contributed by atoms with Crippen LogP contribution < -0.4 is 5.32 Å². The third kappa shape index (κ3) is 3.88. The molecule has 1 aromatic heterocycles. The van der Waals surface area contributed by atoms with Crippen LogP contribution in [0.2, 0.25) is 0 Å². The molecule has 21 heavy (non-hydrogen) atoms. The highest BCUT2D eigenvalue weighted by Crippen LogP contribution is 2.25. The van der Waals surface area contributed by atoms with Crippen LogP contribution in [-0.2, 0) is 11.8 Å². The molecule has 0 aliphatic carbocycles. The first-order chi connectivity index (χ1) is 10.0. The lowest BCUT2D eigenvalue weighted by Gasteiger charge is -2.15. The van der Waals surface area contributed by atoms with Crippen LogP contribution in [0.25, 0.3) is 0 Å². The van der Waals surface area contributed by atoms with E-state index in [0.717, 1.165) is 17.3 Å². The van der Waals surface area contributed by atoms with Crippen LogP contribution in [0.5, 0.6) is 0 Å². The zero-order valence-electron chi connectivity index (χ0n) is 12.9. The zero-order chi connectivity index (χ0) is 15.4. The largest absolute Gasteiger partial charge is 0.329 e. The van der Waals surface area contributed by atoms with E-state index in [2.05, 4.69) is 17.2 Å². The number of hydrogen-bond acceptors (Lipinski definition) is 3. The number of amides is 1. The Kier molecular flexibility index (Phi) is 5.07. The van der Waals surface area contributed by atoms with Crippen LogP contribution in [-0.4, -0.2) is 20.7 Å². The summed E-state index contributed by atoms with van der Waals surface area (Å²) in [7, 11) is 1.93. The van der Waals surface area contributed by atoms with E-state index in [1.807, 2.05) is 49.9 Å². The van der Waals surface area contributed by atoms with Crippen LogP contribution in [0.3, 0.4) is 0 Å². The molecule has 0 spiro atoms. The molecule has 0 saturated heterocycles. The molecule has 1 aromatic carbocycles. The van der Waals surface area contributed by atoms with E-state index >= 15 is 0 Å². The van der Waals surface area contributed by atoms with E-state index in [9.17, 15) is 4.79 Å². The van der Waals surface area contributed by atoms with Gasteiger partial charge in [-0.1, -0.05) is 24.8 Å². The van der Waals surface area contributed by atoms with Gasteiger partial charge >= 0.3 is 0 Å². The molecule has 1 amide bonds. The lowest BCUT2D eigenvalue weighted by molar-refractivity contribution is -0.115. The molecule has 5 heteroatoms.